The first-order valence-electron chi connectivity index (χ1n) is 8.16. The molecule has 2 heterocycles. The largest absolute Gasteiger partial charge is 0.486 e. The molecule has 1 saturated heterocycles. The van der Waals surface area contributed by atoms with Gasteiger partial charge in [-0.3, -0.25) is 4.79 Å². The van der Waals surface area contributed by atoms with Crippen LogP contribution in [-0.2, 0) is 16.0 Å². The van der Waals surface area contributed by atoms with Gasteiger partial charge in [-0.15, -0.1) is 12.4 Å². The molecule has 134 valence electrons. The molecule has 2 N–H and O–H groups in total. The van der Waals surface area contributed by atoms with E-state index in [1.54, 1.807) is 7.11 Å². The highest BCUT2D eigenvalue weighted by Crippen LogP contribution is 2.30. The lowest BCUT2D eigenvalue weighted by molar-refractivity contribution is -0.146. The number of ether oxygens (including phenoxy) is 3. The predicted molar refractivity (Wildman–Crippen MR) is 93.2 cm³/mol. The van der Waals surface area contributed by atoms with Crippen LogP contribution in [0.15, 0.2) is 18.2 Å². The summed E-state index contributed by atoms with van der Waals surface area (Å²) in [6.45, 7) is 3.37. The molecule has 24 heavy (non-hydrogen) atoms. The molecule has 0 atom stereocenters. The Morgan fingerprint density at radius 3 is 2.67 bits per heavy atom. The number of fused-ring (bicyclic) bond motifs is 1. The number of halogens is 1. The van der Waals surface area contributed by atoms with E-state index in [-0.39, 0.29) is 18.3 Å². The number of hydrogen-bond donors (Lipinski definition) is 2. The van der Waals surface area contributed by atoms with Gasteiger partial charge in [0, 0.05) is 13.7 Å². The summed E-state index contributed by atoms with van der Waals surface area (Å²) in [6, 6.07) is 5.92. The smallest absolute Gasteiger partial charge is 0.252 e. The number of carbonyl (C=O) groups is 1. The summed E-state index contributed by atoms with van der Waals surface area (Å²) in [5.41, 5.74) is 0.434. The van der Waals surface area contributed by atoms with Crippen LogP contribution in [-0.4, -0.2) is 51.5 Å². The highest BCUT2D eigenvalue weighted by atomic mass is 35.5. The van der Waals surface area contributed by atoms with Crippen LogP contribution in [0.4, 0.5) is 0 Å². The van der Waals surface area contributed by atoms with Crippen molar-refractivity contribution >= 4 is 18.3 Å². The van der Waals surface area contributed by atoms with E-state index in [9.17, 15) is 4.79 Å². The minimum Gasteiger partial charge on any atom is -0.486 e. The molecule has 0 radical (unpaired) electrons. The van der Waals surface area contributed by atoms with Gasteiger partial charge >= 0.3 is 0 Å². The van der Waals surface area contributed by atoms with E-state index in [0.717, 1.165) is 36.6 Å². The molecule has 3 rings (SSSR count). The van der Waals surface area contributed by atoms with Crippen molar-refractivity contribution in [3.05, 3.63) is 23.8 Å². The first-order valence-corrected chi connectivity index (χ1v) is 8.16. The van der Waals surface area contributed by atoms with Crippen LogP contribution in [0.2, 0.25) is 0 Å². The second-order valence-electron chi connectivity index (χ2n) is 5.93. The van der Waals surface area contributed by atoms with Gasteiger partial charge in [-0.2, -0.15) is 0 Å². The zero-order valence-electron chi connectivity index (χ0n) is 13.9. The molecular weight excluding hydrogens is 332 g/mol. The summed E-state index contributed by atoms with van der Waals surface area (Å²) in [4.78, 5) is 12.5. The third kappa shape index (κ3) is 4.12. The number of methoxy groups -OCH3 is 1. The third-order valence-electron chi connectivity index (χ3n) is 4.52. The van der Waals surface area contributed by atoms with E-state index in [4.69, 9.17) is 14.2 Å². The van der Waals surface area contributed by atoms with E-state index >= 15 is 0 Å². The molecule has 6 nitrogen and oxygen atoms in total. The van der Waals surface area contributed by atoms with Gasteiger partial charge in [0.15, 0.2) is 11.5 Å². The van der Waals surface area contributed by atoms with Crippen molar-refractivity contribution in [2.45, 2.75) is 24.9 Å². The Kier molecular flexibility index (Phi) is 6.71. The lowest BCUT2D eigenvalue weighted by Gasteiger charge is -2.34. The molecule has 1 aromatic rings. The SMILES string of the molecule is COC1(C(=O)NCCc2ccc3c(c2)OCCO3)CCNCC1.Cl. The maximum Gasteiger partial charge on any atom is 0.252 e. The van der Waals surface area contributed by atoms with E-state index in [1.165, 1.54) is 0 Å². The normalized spacial score (nSPS) is 18.4. The predicted octanol–water partition coefficient (Wildman–Crippen LogP) is 1.31. The van der Waals surface area contributed by atoms with Crippen LogP contribution in [0.3, 0.4) is 0 Å². The fraction of sp³-hybridized carbons (Fsp3) is 0.588. The molecule has 7 heteroatoms. The molecular formula is C17H25ClN2O4. The molecule has 1 amide bonds. The number of rotatable bonds is 5. The zero-order valence-corrected chi connectivity index (χ0v) is 14.7. The first-order chi connectivity index (χ1) is 11.2. The number of benzene rings is 1. The average molecular weight is 357 g/mol. The Labute approximate surface area is 148 Å². The van der Waals surface area contributed by atoms with Gasteiger partial charge in [-0.05, 0) is 50.0 Å². The topological polar surface area (TPSA) is 68.8 Å². The molecule has 1 aromatic carbocycles. The third-order valence-corrected chi connectivity index (χ3v) is 4.52. The summed E-state index contributed by atoms with van der Waals surface area (Å²) in [7, 11) is 1.62. The van der Waals surface area contributed by atoms with E-state index < -0.39 is 5.60 Å². The minimum atomic E-state index is -0.682. The van der Waals surface area contributed by atoms with Gasteiger partial charge < -0.3 is 24.8 Å². The van der Waals surface area contributed by atoms with Crippen LogP contribution < -0.4 is 20.1 Å². The molecule has 2 aliphatic heterocycles. The van der Waals surface area contributed by atoms with Gasteiger partial charge in [0.05, 0.1) is 0 Å². The van der Waals surface area contributed by atoms with Crippen LogP contribution in [0.5, 0.6) is 11.5 Å². The highest BCUT2D eigenvalue weighted by molar-refractivity contribution is 5.85. The second-order valence-corrected chi connectivity index (χ2v) is 5.93. The van der Waals surface area contributed by atoms with Crippen molar-refractivity contribution < 1.29 is 19.0 Å². The van der Waals surface area contributed by atoms with Gasteiger partial charge in [0.25, 0.3) is 5.91 Å². The van der Waals surface area contributed by atoms with Crippen molar-refractivity contribution in [3.63, 3.8) is 0 Å². The quantitative estimate of drug-likeness (QED) is 0.832. The van der Waals surface area contributed by atoms with Crippen molar-refractivity contribution in [2.24, 2.45) is 0 Å². The summed E-state index contributed by atoms with van der Waals surface area (Å²) in [6.07, 6.45) is 2.17. The molecule has 0 bridgehead atoms. The van der Waals surface area contributed by atoms with Gasteiger partial charge in [0.1, 0.15) is 18.8 Å². The monoisotopic (exact) mass is 356 g/mol. The second kappa shape index (κ2) is 8.55. The number of hydrogen-bond acceptors (Lipinski definition) is 5. The molecule has 0 aliphatic carbocycles. The average Bonchev–Trinajstić information content (AvgIpc) is 2.62. The lowest BCUT2D eigenvalue weighted by Crippen LogP contribution is -2.54. The maximum atomic E-state index is 12.5. The van der Waals surface area contributed by atoms with Crippen molar-refractivity contribution in [1.29, 1.82) is 0 Å². The summed E-state index contributed by atoms with van der Waals surface area (Å²) in [5, 5.41) is 6.26. The zero-order chi connectivity index (χ0) is 16.1. The standard InChI is InChI=1S/C17H24N2O4.ClH/c1-21-17(5-8-18-9-6-17)16(20)19-7-4-13-2-3-14-15(12-13)23-11-10-22-14;/h2-3,12,18H,4-11H2,1H3,(H,19,20);1H. The molecule has 0 saturated carbocycles. The van der Waals surface area contributed by atoms with Crippen molar-refractivity contribution in [3.8, 4) is 11.5 Å². The van der Waals surface area contributed by atoms with Gasteiger partial charge in [-0.25, -0.2) is 0 Å². The van der Waals surface area contributed by atoms with Crippen molar-refractivity contribution in [1.82, 2.24) is 10.6 Å². The summed E-state index contributed by atoms with van der Waals surface area (Å²) >= 11 is 0. The number of nitrogens with one attached hydrogen (secondary N) is 2. The molecule has 2 aliphatic rings. The van der Waals surface area contributed by atoms with Crippen LogP contribution >= 0.6 is 12.4 Å². The number of amides is 1. The number of piperidine rings is 1. The van der Waals surface area contributed by atoms with Gasteiger partial charge in [-0.1, -0.05) is 6.07 Å². The van der Waals surface area contributed by atoms with Crippen LogP contribution in [0, 0.1) is 0 Å². The Hall–Kier alpha value is -1.50. The maximum absolute atomic E-state index is 12.5. The van der Waals surface area contributed by atoms with Crippen molar-refractivity contribution in [2.75, 3.05) is 40.0 Å². The van der Waals surface area contributed by atoms with E-state index in [2.05, 4.69) is 10.6 Å². The fourth-order valence-electron chi connectivity index (χ4n) is 3.08. The number of carbonyl (C=O) groups excluding carboxylic acids is 1. The molecule has 0 aromatic heterocycles. The minimum absolute atomic E-state index is 0. The molecule has 1 fully saturated rings. The molecule has 0 unspecified atom stereocenters. The Morgan fingerprint density at radius 2 is 1.96 bits per heavy atom. The lowest BCUT2D eigenvalue weighted by atomic mass is 9.91. The Bertz CT molecular complexity index is 562. The highest BCUT2D eigenvalue weighted by Gasteiger charge is 2.39. The molecule has 0 spiro atoms. The fourth-order valence-corrected chi connectivity index (χ4v) is 3.08. The Morgan fingerprint density at radius 1 is 1.25 bits per heavy atom. The Balaban J connectivity index is 0.00000208. The van der Waals surface area contributed by atoms with Gasteiger partial charge in [0.2, 0.25) is 0 Å². The van der Waals surface area contributed by atoms with E-state index in [0.29, 0.717) is 32.6 Å². The van der Waals surface area contributed by atoms with Crippen LogP contribution in [0.1, 0.15) is 18.4 Å². The first kappa shape index (κ1) is 18.8. The van der Waals surface area contributed by atoms with Crippen LogP contribution in [0.25, 0.3) is 0 Å². The summed E-state index contributed by atoms with van der Waals surface area (Å²) < 4.78 is 16.6. The summed E-state index contributed by atoms with van der Waals surface area (Å²) in [5.74, 6) is 1.56. The van der Waals surface area contributed by atoms with E-state index in [1.807, 2.05) is 18.2 Å².